The predicted molar refractivity (Wildman–Crippen MR) is 89.2 cm³/mol. The lowest BCUT2D eigenvalue weighted by Crippen LogP contribution is -2.48. The van der Waals surface area contributed by atoms with Crippen molar-refractivity contribution < 1.29 is 14.7 Å². The number of carboxylic acid groups (broad SMARTS) is 1. The van der Waals surface area contributed by atoms with Crippen LogP contribution in [0.25, 0.3) is 0 Å². The Morgan fingerprint density at radius 3 is 2.52 bits per heavy atom. The Morgan fingerprint density at radius 1 is 1.20 bits per heavy atom. The average Bonchev–Trinajstić information content (AvgIpc) is 3.21. The molecule has 134 valence electrons. The summed E-state index contributed by atoms with van der Waals surface area (Å²) in [5, 5.41) is 17.5. The van der Waals surface area contributed by atoms with Crippen molar-refractivity contribution in [3.8, 4) is 0 Å². The zero-order valence-electron chi connectivity index (χ0n) is 14.4. The third-order valence-corrected chi connectivity index (χ3v) is 4.34. The number of rotatable bonds is 5. The van der Waals surface area contributed by atoms with Crippen molar-refractivity contribution >= 4 is 11.9 Å². The Bertz CT molecular complexity index is 773. The fraction of sp³-hybridized carbons (Fsp3) is 0.500. The molecular formula is C16H22N6O3. The Hall–Kier alpha value is -2.68. The highest BCUT2D eigenvalue weighted by atomic mass is 16.4. The van der Waals surface area contributed by atoms with Gasteiger partial charge in [0.1, 0.15) is 5.56 Å². The minimum absolute atomic E-state index is 0.00710. The fourth-order valence-electron chi connectivity index (χ4n) is 2.98. The summed E-state index contributed by atoms with van der Waals surface area (Å²) in [5.41, 5.74) is 1.11. The predicted octanol–water partition coefficient (Wildman–Crippen LogP) is 0.293. The average molecular weight is 346 g/mol. The lowest BCUT2D eigenvalue weighted by molar-refractivity contribution is 0.0604. The highest BCUT2D eigenvalue weighted by Crippen LogP contribution is 2.13. The number of carboxylic acids is 1. The van der Waals surface area contributed by atoms with Gasteiger partial charge in [0.05, 0.1) is 6.20 Å². The molecule has 0 bridgehead atoms. The van der Waals surface area contributed by atoms with Crippen molar-refractivity contribution in [3.63, 3.8) is 0 Å². The molecule has 0 aromatic carbocycles. The summed E-state index contributed by atoms with van der Waals surface area (Å²) in [4.78, 5) is 27.8. The number of aromatic nitrogens is 4. The van der Waals surface area contributed by atoms with Gasteiger partial charge in [-0.1, -0.05) is 0 Å². The van der Waals surface area contributed by atoms with E-state index in [0.717, 1.165) is 31.7 Å². The summed E-state index contributed by atoms with van der Waals surface area (Å²) in [5.74, 6) is -1.46. The van der Waals surface area contributed by atoms with Gasteiger partial charge in [-0.2, -0.15) is 10.2 Å². The molecule has 0 spiro atoms. The molecule has 0 radical (unpaired) electrons. The molecule has 1 aliphatic rings. The van der Waals surface area contributed by atoms with E-state index in [-0.39, 0.29) is 17.2 Å². The summed E-state index contributed by atoms with van der Waals surface area (Å²) in [6.45, 7) is 6.26. The molecule has 2 aromatic rings. The minimum atomic E-state index is -1.14. The van der Waals surface area contributed by atoms with E-state index in [0.29, 0.717) is 13.1 Å². The van der Waals surface area contributed by atoms with E-state index in [1.165, 1.54) is 10.9 Å². The van der Waals surface area contributed by atoms with Gasteiger partial charge in [0.25, 0.3) is 5.91 Å². The Morgan fingerprint density at radius 2 is 1.92 bits per heavy atom. The number of carbonyl (C=O) groups is 2. The SMILES string of the molecule is CCn1cc(CN2CCN(C(=O)c3nn(C)cc3C(=O)O)CC2)cn1. The van der Waals surface area contributed by atoms with E-state index in [4.69, 9.17) is 0 Å². The maximum absolute atomic E-state index is 12.6. The molecule has 9 heteroatoms. The van der Waals surface area contributed by atoms with Crippen molar-refractivity contribution in [2.75, 3.05) is 26.2 Å². The fourth-order valence-corrected chi connectivity index (χ4v) is 2.98. The summed E-state index contributed by atoms with van der Waals surface area (Å²) < 4.78 is 3.25. The van der Waals surface area contributed by atoms with Crippen LogP contribution >= 0.6 is 0 Å². The third kappa shape index (κ3) is 3.71. The van der Waals surface area contributed by atoms with Gasteiger partial charge in [0.15, 0.2) is 5.69 Å². The monoisotopic (exact) mass is 346 g/mol. The second-order valence-electron chi connectivity index (χ2n) is 6.14. The van der Waals surface area contributed by atoms with Gasteiger partial charge in [0, 0.05) is 64.3 Å². The minimum Gasteiger partial charge on any atom is -0.478 e. The molecule has 1 saturated heterocycles. The highest BCUT2D eigenvalue weighted by Gasteiger charge is 2.28. The molecule has 1 aliphatic heterocycles. The molecule has 25 heavy (non-hydrogen) atoms. The first kappa shape index (κ1) is 17.2. The number of piperazine rings is 1. The first-order valence-electron chi connectivity index (χ1n) is 8.27. The largest absolute Gasteiger partial charge is 0.478 e. The van der Waals surface area contributed by atoms with E-state index in [9.17, 15) is 14.7 Å². The second kappa shape index (κ2) is 7.06. The quantitative estimate of drug-likeness (QED) is 0.836. The molecule has 0 atom stereocenters. The van der Waals surface area contributed by atoms with Gasteiger partial charge < -0.3 is 10.0 Å². The Kier molecular flexibility index (Phi) is 4.84. The van der Waals surface area contributed by atoms with Crippen molar-refractivity contribution in [2.45, 2.75) is 20.0 Å². The zero-order valence-corrected chi connectivity index (χ0v) is 14.4. The van der Waals surface area contributed by atoms with Crippen LogP contribution < -0.4 is 0 Å². The number of hydrogen-bond acceptors (Lipinski definition) is 5. The molecule has 3 rings (SSSR count). The van der Waals surface area contributed by atoms with Crippen LogP contribution in [-0.2, 0) is 20.1 Å². The van der Waals surface area contributed by atoms with Crippen LogP contribution in [0.15, 0.2) is 18.6 Å². The lowest BCUT2D eigenvalue weighted by atomic mass is 10.2. The normalized spacial score (nSPS) is 15.5. The number of carbonyl (C=O) groups excluding carboxylic acids is 1. The Balaban J connectivity index is 1.60. The van der Waals surface area contributed by atoms with Gasteiger partial charge >= 0.3 is 5.97 Å². The van der Waals surface area contributed by atoms with Crippen molar-refractivity contribution in [3.05, 3.63) is 35.4 Å². The topological polar surface area (TPSA) is 96.5 Å². The summed E-state index contributed by atoms with van der Waals surface area (Å²) in [6, 6.07) is 0. The molecule has 3 heterocycles. The van der Waals surface area contributed by atoms with Gasteiger partial charge in [0.2, 0.25) is 0 Å². The van der Waals surface area contributed by atoms with E-state index >= 15 is 0 Å². The second-order valence-corrected chi connectivity index (χ2v) is 6.14. The smallest absolute Gasteiger partial charge is 0.339 e. The van der Waals surface area contributed by atoms with Crippen LogP contribution in [0, 0.1) is 0 Å². The van der Waals surface area contributed by atoms with Crippen LogP contribution in [0.3, 0.4) is 0 Å². The maximum Gasteiger partial charge on any atom is 0.339 e. The number of nitrogens with zero attached hydrogens (tertiary/aromatic N) is 6. The molecule has 1 amide bonds. The number of aromatic carboxylic acids is 1. The molecule has 2 aromatic heterocycles. The summed E-state index contributed by atoms with van der Waals surface area (Å²) in [7, 11) is 1.61. The highest BCUT2D eigenvalue weighted by molar-refractivity contribution is 6.03. The van der Waals surface area contributed by atoms with Crippen molar-refractivity contribution in [1.82, 2.24) is 29.4 Å². The van der Waals surface area contributed by atoms with Crippen LogP contribution in [0.2, 0.25) is 0 Å². The third-order valence-electron chi connectivity index (χ3n) is 4.34. The molecular weight excluding hydrogens is 324 g/mol. The number of aryl methyl sites for hydroxylation is 2. The van der Waals surface area contributed by atoms with Gasteiger partial charge in [-0.15, -0.1) is 0 Å². The van der Waals surface area contributed by atoms with E-state index in [1.54, 1.807) is 11.9 Å². The van der Waals surface area contributed by atoms with Crippen molar-refractivity contribution in [2.24, 2.45) is 7.05 Å². The summed E-state index contributed by atoms with van der Waals surface area (Å²) >= 11 is 0. The Labute approximate surface area is 145 Å². The zero-order chi connectivity index (χ0) is 18.0. The van der Waals surface area contributed by atoms with E-state index < -0.39 is 5.97 Å². The maximum atomic E-state index is 12.6. The molecule has 0 unspecified atom stereocenters. The van der Waals surface area contributed by atoms with Crippen LogP contribution in [-0.4, -0.2) is 72.5 Å². The van der Waals surface area contributed by atoms with Crippen molar-refractivity contribution in [1.29, 1.82) is 0 Å². The van der Waals surface area contributed by atoms with Gasteiger partial charge in [-0.25, -0.2) is 4.79 Å². The number of amides is 1. The van der Waals surface area contributed by atoms with Gasteiger partial charge in [-0.3, -0.25) is 19.1 Å². The molecule has 0 aliphatic carbocycles. The van der Waals surface area contributed by atoms with Crippen LogP contribution in [0.4, 0.5) is 0 Å². The lowest BCUT2D eigenvalue weighted by Gasteiger charge is -2.34. The van der Waals surface area contributed by atoms with E-state index in [2.05, 4.69) is 15.1 Å². The first-order valence-corrected chi connectivity index (χ1v) is 8.27. The molecule has 1 N–H and O–H groups in total. The van der Waals surface area contributed by atoms with E-state index in [1.807, 2.05) is 24.0 Å². The molecule has 9 nitrogen and oxygen atoms in total. The molecule has 1 fully saturated rings. The van der Waals surface area contributed by atoms with Crippen LogP contribution in [0.5, 0.6) is 0 Å². The summed E-state index contributed by atoms with van der Waals surface area (Å²) in [6.07, 6.45) is 5.26. The molecule has 0 saturated carbocycles. The first-order chi connectivity index (χ1) is 12.0. The number of hydrogen-bond donors (Lipinski definition) is 1. The van der Waals surface area contributed by atoms with Gasteiger partial charge in [-0.05, 0) is 6.92 Å². The standard InChI is InChI=1S/C16H22N6O3/c1-3-22-10-12(8-17-22)9-20-4-6-21(7-5-20)15(23)14-13(16(24)25)11-19(2)18-14/h8,10-11H,3-7,9H2,1-2H3,(H,24,25). The van der Waals surface area contributed by atoms with Crippen LogP contribution in [0.1, 0.15) is 33.3 Å².